The number of ether oxygens (including phenoxy) is 1. The van der Waals surface area contributed by atoms with Gasteiger partial charge in [0.05, 0.1) is 30.8 Å². The summed E-state index contributed by atoms with van der Waals surface area (Å²) in [6.45, 7) is 1.43. The molecule has 7 heteroatoms. The van der Waals surface area contributed by atoms with Crippen LogP contribution in [0.25, 0.3) is 0 Å². The van der Waals surface area contributed by atoms with Crippen molar-refractivity contribution in [3.05, 3.63) is 35.4 Å². The van der Waals surface area contributed by atoms with Crippen molar-refractivity contribution >= 4 is 21.0 Å². The molecule has 0 amide bonds. The molecule has 3 aliphatic rings. The zero-order chi connectivity index (χ0) is 13.3. The van der Waals surface area contributed by atoms with E-state index in [0.29, 0.717) is 25.4 Å². The highest BCUT2D eigenvalue weighted by molar-refractivity contribution is 7.41. The average molecular weight is 282 g/mol. The lowest BCUT2D eigenvalue weighted by molar-refractivity contribution is -0.123. The molecule has 0 aliphatic carbocycles. The van der Waals surface area contributed by atoms with E-state index in [0.717, 1.165) is 5.56 Å². The monoisotopic (exact) mass is 282 g/mol. The van der Waals surface area contributed by atoms with Gasteiger partial charge in [-0.3, -0.25) is 4.79 Å². The summed E-state index contributed by atoms with van der Waals surface area (Å²) < 4.78 is 20.7. The second-order valence-electron chi connectivity index (χ2n) is 4.37. The van der Waals surface area contributed by atoms with E-state index in [1.807, 2.05) is 6.07 Å². The SMILES string of the molecule is O=COC(=O)c1ccccc1C12COP(OC1)OC2. The van der Waals surface area contributed by atoms with Crippen molar-refractivity contribution in [3.8, 4) is 0 Å². The van der Waals surface area contributed by atoms with Crippen LogP contribution < -0.4 is 0 Å². The molecule has 19 heavy (non-hydrogen) atoms. The van der Waals surface area contributed by atoms with Crippen LogP contribution >= 0.6 is 8.60 Å². The first-order valence-electron chi connectivity index (χ1n) is 5.68. The lowest BCUT2D eigenvalue weighted by atomic mass is 9.80. The standard InChI is InChI=1S/C12H11O6P/c13-8-15-11(14)9-3-1-2-4-10(9)12-5-16-19(17-6-12)18-7-12/h1-4,8H,5-7H2. The molecule has 0 unspecified atom stereocenters. The third kappa shape index (κ3) is 2.17. The molecular weight excluding hydrogens is 271 g/mol. The van der Waals surface area contributed by atoms with Gasteiger partial charge < -0.3 is 18.3 Å². The zero-order valence-electron chi connectivity index (χ0n) is 9.90. The van der Waals surface area contributed by atoms with Crippen molar-refractivity contribution in [2.24, 2.45) is 0 Å². The Balaban J connectivity index is 2.00. The van der Waals surface area contributed by atoms with E-state index in [1.54, 1.807) is 18.2 Å². The molecule has 0 atom stereocenters. The highest BCUT2D eigenvalue weighted by Crippen LogP contribution is 2.54. The number of carbonyl (C=O) groups excluding carboxylic acids is 2. The summed E-state index contributed by atoms with van der Waals surface area (Å²) in [7, 11) is -1.23. The van der Waals surface area contributed by atoms with Gasteiger partial charge in [-0.25, -0.2) is 4.79 Å². The van der Waals surface area contributed by atoms with Crippen LogP contribution in [0.3, 0.4) is 0 Å². The van der Waals surface area contributed by atoms with Crippen LogP contribution in [0.4, 0.5) is 0 Å². The van der Waals surface area contributed by atoms with Gasteiger partial charge in [-0.15, -0.1) is 0 Å². The first-order valence-corrected chi connectivity index (χ1v) is 6.78. The minimum atomic E-state index is -1.23. The molecule has 0 radical (unpaired) electrons. The Labute approximate surface area is 110 Å². The van der Waals surface area contributed by atoms with Gasteiger partial charge in [-0.05, 0) is 11.6 Å². The van der Waals surface area contributed by atoms with Crippen LogP contribution in [0.5, 0.6) is 0 Å². The van der Waals surface area contributed by atoms with Crippen LogP contribution in [0, 0.1) is 0 Å². The fraction of sp³-hybridized carbons (Fsp3) is 0.333. The summed E-state index contributed by atoms with van der Waals surface area (Å²) in [6, 6.07) is 6.94. The van der Waals surface area contributed by atoms with Gasteiger partial charge >= 0.3 is 21.0 Å². The number of fused-ring (bicyclic) bond motifs is 3. The quantitative estimate of drug-likeness (QED) is 0.362. The van der Waals surface area contributed by atoms with Gasteiger partial charge in [0.25, 0.3) is 0 Å². The summed E-state index contributed by atoms with van der Waals surface area (Å²) in [5, 5.41) is 0. The summed E-state index contributed by atoms with van der Waals surface area (Å²) in [4.78, 5) is 22.1. The molecule has 3 aliphatic heterocycles. The summed E-state index contributed by atoms with van der Waals surface area (Å²) in [6.07, 6.45) is 0. The van der Waals surface area contributed by atoms with E-state index in [2.05, 4.69) is 4.74 Å². The predicted octanol–water partition coefficient (Wildman–Crippen LogP) is 1.54. The smallest absolute Gasteiger partial charge is 0.345 e. The van der Waals surface area contributed by atoms with E-state index in [-0.39, 0.29) is 6.47 Å². The Hall–Kier alpha value is -1.33. The van der Waals surface area contributed by atoms with Crippen LogP contribution in [0.2, 0.25) is 0 Å². The molecule has 4 rings (SSSR count). The Kier molecular flexibility index (Phi) is 3.33. The fourth-order valence-corrected chi connectivity index (χ4v) is 3.51. The number of benzene rings is 1. The molecule has 3 heterocycles. The molecule has 0 spiro atoms. The van der Waals surface area contributed by atoms with Gasteiger partial charge in [-0.2, -0.15) is 0 Å². The molecule has 1 aromatic rings. The van der Waals surface area contributed by atoms with Crippen LogP contribution in [0.1, 0.15) is 15.9 Å². The van der Waals surface area contributed by atoms with Crippen molar-refractivity contribution in [3.63, 3.8) is 0 Å². The van der Waals surface area contributed by atoms with E-state index >= 15 is 0 Å². The van der Waals surface area contributed by atoms with Crippen molar-refractivity contribution in [2.45, 2.75) is 5.41 Å². The lowest BCUT2D eigenvalue weighted by Gasteiger charge is -2.44. The largest absolute Gasteiger partial charge is 0.392 e. The predicted molar refractivity (Wildman–Crippen MR) is 64.4 cm³/mol. The molecule has 0 aromatic heterocycles. The Morgan fingerprint density at radius 2 is 1.84 bits per heavy atom. The number of rotatable bonds is 3. The highest BCUT2D eigenvalue weighted by Gasteiger charge is 2.47. The van der Waals surface area contributed by atoms with E-state index in [4.69, 9.17) is 13.6 Å². The van der Waals surface area contributed by atoms with Gasteiger partial charge in [0.2, 0.25) is 0 Å². The first kappa shape index (κ1) is 12.7. The molecule has 0 N–H and O–H groups in total. The minimum Gasteiger partial charge on any atom is -0.392 e. The van der Waals surface area contributed by atoms with Crippen molar-refractivity contribution in [2.75, 3.05) is 19.8 Å². The van der Waals surface area contributed by atoms with Gasteiger partial charge in [0, 0.05) is 0 Å². The van der Waals surface area contributed by atoms with E-state index in [1.165, 1.54) is 0 Å². The molecule has 2 bridgehead atoms. The summed E-state index contributed by atoms with van der Waals surface area (Å²) in [5.74, 6) is -0.682. The molecule has 3 saturated heterocycles. The third-order valence-corrected chi connectivity index (χ3v) is 4.23. The number of hydrogen-bond donors (Lipinski definition) is 0. The van der Waals surface area contributed by atoms with Gasteiger partial charge in [-0.1, -0.05) is 18.2 Å². The first-order chi connectivity index (χ1) is 9.25. The Morgan fingerprint density at radius 3 is 2.47 bits per heavy atom. The van der Waals surface area contributed by atoms with Crippen molar-refractivity contribution in [1.29, 1.82) is 0 Å². The Bertz CT molecular complexity index is 495. The summed E-state index contributed by atoms with van der Waals surface area (Å²) >= 11 is 0. The highest BCUT2D eigenvalue weighted by atomic mass is 31.2. The van der Waals surface area contributed by atoms with Crippen molar-refractivity contribution in [1.82, 2.24) is 0 Å². The third-order valence-electron chi connectivity index (χ3n) is 3.21. The normalized spacial score (nSPS) is 28.9. The number of hydrogen-bond acceptors (Lipinski definition) is 6. The molecule has 1 aromatic carbocycles. The molecule has 3 fully saturated rings. The van der Waals surface area contributed by atoms with E-state index in [9.17, 15) is 9.59 Å². The number of esters is 1. The van der Waals surface area contributed by atoms with Gasteiger partial charge in [0.1, 0.15) is 0 Å². The van der Waals surface area contributed by atoms with E-state index < -0.39 is 20.0 Å². The van der Waals surface area contributed by atoms with Gasteiger partial charge in [0.15, 0.2) is 0 Å². The lowest BCUT2D eigenvalue weighted by Crippen LogP contribution is -2.48. The average Bonchev–Trinajstić information content (AvgIpc) is 2.49. The maximum Gasteiger partial charge on any atom is 0.345 e. The Morgan fingerprint density at radius 1 is 1.21 bits per heavy atom. The molecular formula is C12H11O6P. The molecule has 0 saturated carbocycles. The molecule has 6 nitrogen and oxygen atoms in total. The number of carbonyl (C=O) groups is 2. The maximum absolute atomic E-state index is 11.8. The second kappa shape index (κ2) is 4.98. The van der Waals surface area contributed by atoms with Crippen LogP contribution in [0.15, 0.2) is 24.3 Å². The zero-order valence-corrected chi connectivity index (χ0v) is 10.8. The minimum absolute atomic E-state index is 0.126. The van der Waals surface area contributed by atoms with Crippen molar-refractivity contribution < 1.29 is 27.9 Å². The van der Waals surface area contributed by atoms with Crippen LogP contribution in [-0.4, -0.2) is 32.3 Å². The molecule has 100 valence electrons. The summed E-state index contributed by atoms with van der Waals surface area (Å²) in [5.41, 5.74) is 0.532. The topological polar surface area (TPSA) is 71.1 Å². The fourth-order valence-electron chi connectivity index (χ4n) is 2.23. The second-order valence-corrected chi connectivity index (χ2v) is 5.59. The van der Waals surface area contributed by atoms with Crippen LogP contribution in [-0.2, 0) is 28.5 Å². The maximum atomic E-state index is 11.8.